The molecule has 2 rings (SSSR count). The van der Waals surface area contributed by atoms with E-state index in [0.717, 1.165) is 32.3 Å². The van der Waals surface area contributed by atoms with Crippen LogP contribution in [0.25, 0.3) is 0 Å². The van der Waals surface area contributed by atoms with Crippen molar-refractivity contribution in [1.29, 1.82) is 0 Å². The monoisotopic (exact) mass is 170 g/mol. The Morgan fingerprint density at radius 1 is 1.25 bits per heavy atom. The number of nitrogens with zero attached hydrogens (tertiary/aromatic N) is 2. The lowest BCUT2D eigenvalue weighted by molar-refractivity contribution is -0.0304. The predicted molar refractivity (Wildman–Crippen MR) is 48.3 cm³/mol. The summed E-state index contributed by atoms with van der Waals surface area (Å²) in [6.45, 7) is 10.1. The fourth-order valence-electron chi connectivity index (χ4n) is 1.97. The maximum atomic E-state index is 5.32. The summed E-state index contributed by atoms with van der Waals surface area (Å²) >= 11 is 0. The van der Waals surface area contributed by atoms with E-state index in [-0.39, 0.29) is 0 Å². The van der Waals surface area contributed by atoms with E-state index in [1.165, 1.54) is 19.6 Å². The topological polar surface area (TPSA) is 15.7 Å². The van der Waals surface area contributed by atoms with Crippen LogP contribution in [0.4, 0.5) is 0 Å². The summed E-state index contributed by atoms with van der Waals surface area (Å²) in [7, 11) is 0. The number of hydrogen-bond donors (Lipinski definition) is 0. The van der Waals surface area contributed by atoms with Crippen molar-refractivity contribution in [2.45, 2.75) is 13.0 Å². The highest BCUT2D eigenvalue weighted by molar-refractivity contribution is 4.87. The lowest BCUT2D eigenvalue weighted by Gasteiger charge is -2.46. The fourth-order valence-corrected chi connectivity index (χ4v) is 1.97. The van der Waals surface area contributed by atoms with Gasteiger partial charge in [0.05, 0.1) is 13.2 Å². The van der Waals surface area contributed by atoms with Crippen LogP contribution in [0.2, 0.25) is 0 Å². The second kappa shape index (κ2) is 3.73. The van der Waals surface area contributed by atoms with Gasteiger partial charge in [0.1, 0.15) is 0 Å². The second-order valence-electron chi connectivity index (χ2n) is 3.65. The third kappa shape index (κ3) is 1.63. The van der Waals surface area contributed by atoms with Crippen molar-refractivity contribution in [3.63, 3.8) is 0 Å². The highest BCUT2D eigenvalue weighted by atomic mass is 16.5. The molecule has 0 radical (unpaired) electrons. The third-order valence-corrected chi connectivity index (χ3v) is 2.95. The van der Waals surface area contributed by atoms with Gasteiger partial charge in [0.2, 0.25) is 0 Å². The van der Waals surface area contributed by atoms with Gasteiger partial charge in [-0.3, -0.25) is 4.90 Å². The van der Waals surface area contributed by atoms with Gasteiger partial charge in [-0.05, 0) is 6.54 Å². The molecule has 0 bridgehead atoms. The molecule has 2 heterocycles. The van der Waals surface area contributed by atoms with Crippen LogP contribution in [0.3, 0.4) is 0 Å². The van der Waals surface area contributed by atoms with E-state index in [1.807, 2.05) is 0 Å². The SMILES string of the molecule is CCN1CC(N2CCOCC2)C1. The summed E-state index contributed by atoms with van der Waals surface area (Å²) in [5.74, 6) is 0. The Bertz CT molecular complexity index is 139. The van der Waals surface area contributed by atoms with Crippen LogP contribution in [-0.4, -0.2) is 61.8 Å². The van der Waals surface area contributed by atoms with E-state index in [9.17, 15) is 0 Å². The molecule has 0 aliphatic carbocycles. The molecule has 0 aromatic carbocycles. The predicted octanol–water partition coefficient (Wildman–Crippen LogP) is 0.0227. The molecule has 0 atom stereocenters. The minimum atomic E-state index is 0.828. The number of likely N-dealkylation sites (N-methyl/N-ethyl adjacent to an activating group) is 1. The van der Waals surface area contributed by atoms with Gasteiger partial charge >= 0.3 is 0 Å². The quantitative estimate of drug-likeness (QED) is 0.581. The van der Waals surface area contributed by atoms with Crippen molar-refractivity contribution < 1.29 is 4.74 Å². The maximum absolute atomic E-state index is 5.32. The largest absolute Gasteiger partial charge is 0.379 e. The summed E-state index contributed by atoms with van der Waals surface area (Å²) in [5.41, 5.74) is 0. The number of ether oxygens (including phenoxy) is 1. The minimum Gasteiger partial charge on any atom is -0.379 e. The number of rotatable bonds is 2. The average molecular weight is 170 g/mol. The maximum Gasteiger partial charge on any atom is 0.0594 e. The molecular weight excluding hydrogens is 152 g/mol. The molecule has 3 nitrogen and oxygen atoms in total. The van der Waals surface area contributed by atoms with Gasteiger partial charge in [0.25, 0.3) is 0 Å². The normalized spacial score (nSPS) is 28.8. The molecule has 2 aliphatic rings. The van der Waals surface area contributed by atoms with Crippen molar-refractivity contribution >= 4 is 0 Å². The van der Waals surface area contributed by atoms with Gasteiger partial charge in [0.15, 0.2) is 0 Å². The first-order chi connectivity index (χ1) is 5.90. The van der Waals surface area contributed by atoms with E-state index >= 15 is 0 Å². The zero-order chi connectivity index (χ0) is 8.39. The van der Waals surface area contributed by atoms with Crippen LogP contribution in [0.1, 0.15) is 6.92 Å². The molecule has 0 unspecified atom stereocenters. The molecule has 0 amide bonds. The summed E-state index contributed by atoms with van der Waals surface area (Å²) in [4.78, 5) is 5.05. The molecule has 0 spiro atoms. The van der Waals surface area contributed by atoms with Gasteiger partial charge in [-0.2, -0.15) is 0 Å². The van der Waals surface area contributed by atoms with Gasteiger partial charge in [-0.25, -0.2) is 0 Å². The zero-order valence-electron chi connectivity index (χ0n) is 7.83. The average Bonchev–Trinajstić information content (AvgIpc) is 2.04. The van der Waals surface area contributed by atoms with Gasteiger partial charge in [-0.1, -0.05) is 6.92 Å². The van der Waals surface area contributed by atoms with Crippen LogP contribution in [0, 0.1) is 0 Å². The number of hydrogen-bond acceptors (Lipinski definition) is 3. The third-order valence-electron chi connectivity index (χ3n) is 2.95. The van der Waals surface area contributed by atoms with Crippen molar-refractivity contribution in [1.82, 2.24) is 9.80 Å². The van der Waals surface area contributed by atoms with Crippen molar-refractivity contribution in [3.05, 3.63) is 0 Å². The molecular formula is C9H18N2O. The molecule has 0 aromatic rings. The van der Waals surface area contributed by atoms with Gasteiger partial charge in [0, 0.05) is 32.2 Å². The number of likely N-dealkylation sites (tertiary alicyclic amines) is 1. The molecule has 70 valence electrons. The van der Waals surface area contributed by atoms with Crippen molar-refractivity contribution in [2.24, 2.45) is 0 Å². The Labute approximate surface area is 74.3 Å². The molecule has 0 saturated carbocycles. The Balaban J connectivity index is 1.72. The summed E-state index contributed by atoms with van der Waals surface area (Å²) in [5, 5.41) is 0. The van der Waals surface area contributed by atoms with E-state index in [2.05, 4.69) is 16.7 Å². The second-order valence-corrected chi connectivity index (χ2v) is 3.65. The smallest absolute Gasteiger partial charge is 0.0594 e. The van der Waals surface area contributed by atoms with Gasteiger partial charge in [-0.15, -0.1) is 0 Å². The first kappa shape index (κ1) is 8.48. The summed E-state index contributed by atoms with van der Waals surface area (Å²) in [6.07, 6.45) is 0. The molecule has 3 heteroatoms. The molecule has 2 saturated heterocycles. The fraction of sp³-hybridized carbons (Fsp3) is 1.00. The molecule has 0 aromatic heterocycles. The summed E-state index contributed by atoms with van der Waals surface area (Å²) in [6, 6.07) is 0.828. The Morgan fingerprint density at radius 3 is 2.50 bits per heavy atom. The van der Waals surface area contributed by atoms with E-state index < -0.39 is 0 Å². The minimum absolute atomic E-state index is 0.828. The van der Waals surface area contributed by atoms with Crippen molar-refractivity contribution in [2.75, 3.05) is 45.9 Å². The van der Waals surface area contributed by atoms with Crippen LogP contribution in [0.15, 0.2) is 0 Å². The van der Waals surface area contributed by atoms with Crippen molar-refractivity contribution in [3.8, 4) is 0 Å². The lowest BCUT2D eigenvalue weighted by Crippen LogP contribution is -2.61. The zero-order valence-corrected chi connectivity index (χ0v) is 7.83. The van der Waals surface area contributed by atoms with Crippen LogP contribution >= 0.6 is 0 Å². The molecule has 2 aliphatic heterocycles. The molecule has 0 N–H and O–H groups in total. The first-order valence-electron chi connectivity index (χ1n) is 4.94. The Hall–Kier alpha value is -0.120. The van der Waals surface area contributed by atoms with Gasteiger partial charge < -0.3 is 9.64 Å². The van der Waals surface area contributed by atoms with E-state index in [0.29, 0.717) is 0 Å². The van der Waals surface area contributed by atoms with E-state index in [4.69, 9.17) is 4.74 Å². The Morgan fingerprint density at radius 2 is 1.92 bits per heavy atom. The molecule has 12 heavy (non-hydrogen) atoms. The van der Waals surface area contributed by atoms with Crippen LogP contribution < -0.4 is 0 Å². The van der Waals surface area contributed by atoms with E-state index in [1.54, 1.807) is 0 Å². The Kier molecular flexibility index (Phi) is 2.63. The van der Waals surface area contributed by atoms with Crippen LogP contribution in [-0.2, 0) is 4.74 Å². The number of morpholine rings is 1. The highest BCUT2D eigenvalue weighted by Crippen LogP contribution is 2.15. The highest BCUT2D eigenvalue weighted by Gasteiger charge is 2.30. The lowest BCUT2D eigenvalue weighted by atomic mass is 10.1. The first-order valence-corrected chi connectivity index (χ1v) is 4.94. The van der Waals surface area contributed by atoms with Crippen LogP contribution in [0.5, 0.6) is 0 Å². The standard InChI is InChI=1S/C9H18N2O/c1-2-10-7-9(8-10)11-3-5-12-6-4-11/h9H,2-8H2,1H3. The summed E-state index contributed by atoms with van der Waals surface area (Å²) < 4.78 is 5.32. The molecule has 2 fully saturated rings.